The molecule has 0 saturated carbocycles. The Hall–Kier alpha value is -3.82. The molecule has 174 valence electrons. The molecule has 0 aliphatic heterocycles. The molecule has 0 radical (unpaired) electrons. The number of pyridine rings is 1. The normalized spacial score (nSPS) is 12.2. The number of hydrogen-bond acceptors (Lipinski definition) is 6. The van der Waals surface area contributed by atoms with Crippen molar-refractivity contribution in [1.29, 1.82) is 0 Å². The Balaban J connectivity index is 0.000000254. The first-order valence-electron chi connectivity index (χ1n) is 10.5. The van der Waals surface area contributed by atoms with Gasteiger partial charge in [0, 0.05) is 18.0 Å². The largest absolute Gasteiger partial charge is 0.480 e. The topological polar surface area (TPSA) is 174 Å². The van der Waals surface area contributed by atoms with E-state index in [-0.39, 0.29) is 6.42 Å². The highest BCUT2D eigenvalue weighted by molar-refractivity contribution is 5.96. The fourth-order valence-corrected chi connectivity index (χ4v) is 3.00. The Morgan fingerprint density at radius 3 is 2.33 bits per heavy atom. The Morgan fingerprint density at radius 2 is 1.70 bits per heavy atom. The van der Waals surface area contributed by atoms with E-state index in [9.17, 15) is 14.4 Å². The number of carbonyl (C=O) groups is 3. The van der Waals surface area contributed by atoms with Crippen molar-refractivity contribution in [1.82, 2.24) is 10.3 Å². The van der Waals surface area contributed by atoms with Gasteiger partial charge in [0.05, 0.1) is 17.1 Å². The van der Waals surface area contributed by atoms with Crippen LogP contribution in [-0.4, -0.2) is 46.5 Å². The van der Waals surface area contributed by atoms with Crippen LogP contribution in [0.1, 0.15) is 28.8 Å². The van der Waals surface area contributed by atoms with Gasteiger partial charge in [-0.1, -0.05) is 48.5 Å². The Labute approximate surface area is 192 Å². The summed E-state index contributed by atoms with van der Waals surface area (Å²) in [6, 6.07) is 16.7. The minimum absolute atomic E-state index is 0.228. The number of nitrogens with one attached hydrogen (secondary N) is 1. The van der Waals surface area contributed by atoms with E-state index in [1.54, 1.807) is 6.07 Å². The summed E-state index contributed by atoms with van der Waals surface area (Å²) in [4.78, 5) is 37.9. The molecule has 0 saturated heterocycles. The van der Waals surface area contributed by atoms with Gasteiger partial charge in [0.1, 0.15) is 6.04 Å². The zero-order valence-corrected chi connectivity index (χ0v) is 18.2. The maximum atomic E-state index is 11.8. The van der Waals surface area contributed by atoms with Crippen molar-refractivity contribution < 1.29 is 19.5 Å². The minimum atomic E-state index is -1.08. The van der Waals surface area contributed by atoms with Crippen LogP contribution in [0, 0.1) is 0 Å². The molecule has 1 heterocycles. The van der Waals surface area contributed by atoms with Gasteiger partial charge >= 0.3 is 5.97 Å². The SMILES string of the molecule is NC(=O)c1cnc2ccccc2c1.NCCC[C@H](N)C(=O)N[C@@H](Cc1ccccc1)C(=O)O. The van der Waals surface area contributed by atoms with Gasteiger partial charge in [-0.25, -0.2) is 4.79 Å². The first kappa shape index (κ1) is 25.4. The van der Waals surface area contributed by atoms with Crippen molar-refractivity contribution in [3.05, 3.63) is 78.0 Å². The van der Waals surface area contributed by atoms with E-state index in [4.69, 9.17) is 22.3 Å². The van der Waals surface area contributed by atoms with E-state index >= 15 is 0 Å². The average molecular weight is 452 g/mol. The minimum Gasteiger partial charge on any atom is -0.480 e. The van der Waals surface area contributed by atoms with Crippen molar-refractivity contribution in [3.63, 3.8) is 0 Å². The van der Waals surface area contributed by atoms with Gasteiger partial charge in [-0.15, -0.1) is 0 Å². The van der Waals surface area contributed by atoms with Crippen LogP contribution in [0.25, 0.3) is 10.9 Å². The molecular formula is C24H29N5O4. The van der Waals surface area contributed by atoms with Crippen LogP contribution in [0.4, 0.5) is 0 Å². The van der Waals surface area contributed by atoms with Gasteiger partial charge in [-0.2, -0.15) is 0 Å². The number of amides is 2. The molecule has 0 fully saturated rings. The zero-order valence-electron chi connectivity index (χ0n) is 18.2. The molecule has 9 nitrogen and oxygen atoms in total. The lowest BCUT2D eigenvalue weighted by Crippen LogP contribution is -2.49. The molecule has 0 spiro atoms. The fourth-order valence-electron chi connectivity index (χ4n) is 3.00. The summed E-state index contributed by atoms with van der Waals surface area (Å²) < 4.78 is 0. The third kappa shape index (κ3) is 8.32. The number of rotatable bonds is 9. The number of aromatic nitrogens is 1. The molecule has 0 aliphatic rings. The van der Waals surface area contributed by atoms with Gasteiger partial charge in [0.25, 0.3) is 0 Å². The molecule has 2 aromatic carbocycles. The predicted octanol–water partition coefficient (Wildman–Crippen LogP) is 1.20. The standard InChI is InChI=1S/C14H21N3O3.C10H8N2O/c15-8-4-7-11(16)13(18)17-12(14(19)20)9-10-5-2-1-3-6-10;11-10(13)8-5-7-3-1-2-4-9(7)12-6-8/h1-3,5-6,11-12H,4,7-9,15-16H2,(H,17,18)(H,19,20);1-6H,(H2,11,13)/t11-,12-;/m0./s1. The summed E-state index contributed by atoms with van der Waals surface area (Å²) in [6.07, 6.45) is 2.79. The maximum absolute atomic E-state index is 11.8. The molecule has 0 aliphatic carbocycles. The number of primary amides is 1. The van der Waals surface area contributed by atoms with Gasteiger partial charge in [0.15, 0.2) is 0 Å². The summed E-state index contributed by atoms with van der Waals surface area (Å²) in [7, 11) is 0. The van der Waals surface area contributed by atoms with Crippen molar-refractivity contribution in [3.8, 4) is 0 Å². The molecular weight excluding hydrogens is 422 g/mol. The molecule has 0 unspecified atom stereocenters. The Morgan fingerprint density at radius 1 is 1.03 bits per heavy atom. The first-order valence-corrected chi connectivity index (χ1v) is 10.5. The van der Waals surface area contributed by atoms with Crippen molar-refractivity contribution in [2.24, 2.45) is 17.2 Å². The number of fused-ring (bicyclic) bond motifs is 1. The summed E-state index contributed by atoms with van der Waals surface area (Å²) in [5.41, 5.74) is 18.3. The second kappa shape index (κ2) is 12.9. The van der Waals surface area contributed by atoms with Crippen molar-refractivity contribution >= 4 is 28.7 Å². The Bertz CT molecular complexity index is 1070. The number of carbonyl (C=O) groups excluding carboxylic acids is 2. The number of carboxylic acid groups (broad SMARTS) is 1. The number of para-hydroxylation sites is 1. The smallest absolute Gasteiger partial charge is 0.326 e. The van der Waals surface area contributed by atoms with Gasteiger partial charge in [-0.05, 0) is 37.1 Å². The number of nitrogens with zero attached hydrogens (tertiary/aromatic N) is 1. The van der Waals surface area contributed by atoms with Crippen LogP contribution >= 0.6 is 0 Å². The van der Waals surface area contributed by atoms with Gasteiger partial charge in [-0.3, -0.25) is 14.6 Å². The monoisotopic (exact) mass is 451 g/mol. The molecule has 1 aromatic heterocycles. The zero-order chi connectivity index (χ0) is 24.2. The number of nitrogens with two attached hydrogens (primary N) is 3. The molecule has 33 heavy (non-hydrogen) atoms. The van der Waals surface area contributed by atoms with Crippen LogP contribution in [0.15, 0.2) is 66.9 Å². The lowest BCUT2D eigenvalue weighted by atomic mass is 10.0. The molecule has 2 atom stereocenters. The van der Waals surface area contributed by atoms with E-state index < -0.39 is 29.9 Å². The average Bonchev–Trinajstić information content (AvgIpc) is 2.82. The first-order chi connectivity index (χ1) is 15.8. The summed E-state index contributed by atoms with van der Waals surface area (Å²) in [6.45, 7) is 0.452. The molecule has 3 rings (SSSR count). The molecule has 2 amide bonds. The maximum Gasteiger partial charge on any atom is 0.326 e. The predicted molar refractivity (Wildman–Crippen MR) is 126 cm³/mol. The highest BCUT2D eigenvalue weighted by Gasteiger charge is 2.23. The van der Waals surface area contributed by atoms with Gasteiger partial charge < -0.3 is 27.6 Å². The lowest BCUT2D eigenvalue weighted by Gasteiger charge is -2.17. The number of carboxylic acids is 1. The highest BCUT2D eigenvalue weighted by atomic mass is 16.4. The van der Waals surface area contributed by atoms with E-state index in [1.165, 1.54) is 6.20 Å². The van der Waals surface area contributed by atoms with Crippen LogP contribution < -0.4 is 22.5 Å². The van der Waals surface area contributed by atoms with Crippen molar-refractivity contribution in [2.45, 2.75) is 31.3 Å². The Kier molecular flexibility index (Phi) is 9.94. The van der Waals surface area contributed by atoms with Crippen LogP contribution in [0.2, 0.25) is 0 Å². The van der Waals surface area contributed by atoms with Gasteiger partial charge in [0.2, 0.25) is 11.8 Å². The van der Waals surface area contributed by atoms with Crippen LogP contribution in [0.3, 0.4) is 0 Å². The lowest BCUT2D eigenvalue weighted by molar-refractivity contribution is -0.142. The molecule has 9 heteroatoms. The fraction of sp³-hybridized carbons (Fsp3) is 0.250. The summed E-state index contributed by atoms with van der Waals surface area (Å²) in [5, 5.41) is 12.6. The van der Waals surface area contributed by atoms with Crippen LogP contribution in [-0.2, 0) is 16.0 Å². The molecule has 3 aromatic rings. The summed E-state index contributed by atoms with van der Waals surface area (Å²) >= 11 is 0. The van der Waals surface area contributed by atoms with E-state index in [1.807, 2.05) is 54.6 Å². The number of hydrogen-bond donors (Lipinski definition) is 5. The van der Waals surface area contributed by atoms with Crippen LogP contribution in [0.5, 0.6) is 0 Å². The second-order valence-electron chi connectivity index (χ2n) is 7.41. The summed E-state index contributed by atoms with van der Waals surface area (Å²) in [5.74, 6) is -1.98. The third-order valence-electron chi connectivity index (χ3n) is 4.83. The quantitative estimate of drug-likeness (QED) is 0.325. The highest BCUT2D eigenvalue weighted by Crippen LogP contribution is 2.11. The molecule has 8 N–H and O–H groups in total. The van der Waals surface area contributed by atoms with E-state index in [2.05, 4.69) is 10.3 Å². The van der Waals surface area contributed by atoms with E-state index in [0.717, 1.165) is 16.5 Å². The van der Waals surface area contributed by atoms with E-state index in [0.29, 0.717) is 24.9 Å². The number of aliphatic carboxylic acids is 1. The molecule has 0 bridgehead atoms. The number of benzene rings is 2. The third-order valence-corrected chi connectivity index (χ3v) is 4.83. The second-order valence-corrected chi connectivity index (χ2v) is 7.41. The van der Waals surface area contributed by atoms with Crippen molar-refractivity contribution in [2.75, 3.05) is 6.54 Å².